The lowest BCUT2D eigenvalue weighted by atomic mass is 9.90. The molecule has 0 bridgehead atoms. The largest absolute Gasteiger partial charge is 0.493 e. The van der Waals surface area contributed by atoms with Crippen LogP contribution in [0.15, 0.2) is 36.5 Å². The number of likely N-dealkylation sites (tertiary alicyclic amines) is 1. The number of hydrogen-bond donors (Lipinski definition) is 1. The van der Waals surface area contributed by atoms with Crippen LogP contribution in [0, 0.1) is 5.41 Å². The zero-order chi connectivity index (χ0) is 16.4. The van der Waals surface area contributed by atoms with Gasteiger partial charge in [-0.25, -0.2) is 4.68 Å². The van der Waals surface area contributed by atoms with Crippen molar-refractivity contribution in [3.63, 3.8) is 0 Å². The van der Waals surface area contributed by atoms with Gasteiger partial charge in [-0.05, 0) is 30.5 Å². The highest BCUT2D eigenvalue weighted by Crippen LogP contribution is 2.31. The second kappa shape index (κ2) is 6.04. The summed E-state index contributed by atoms with van der Waals surface area (Å²) in [5, 5.41) is 4.44. The summed E-state index contributed by atoms with van der Waals surface area (Å²) in [6.45, 7) is 4.05. The van der Waals surface area contributed by atoms with Gasteiger partial charge in [-0.2, -0.15) is 5.10 Å². The molecule has 0 saturated carbocycles. The fourth-order valence-corrected chi connectivity index (χ4v) is 2.88. The molecular formula is C17H22N4O2. The first-order chi connectivity index (χ1) is 11.1. The Bertz CT molecular complexity index is 698. The van der Waals surface area contributed by atoms with Crippen LogP contribution in [0.5, 0.6) is 5.75 Å². The molecule has 1 amide bonds. The van der Waals surface area contributed by atoms with Crippen LogP contribution < -0.4 is 10.5 Å². The number of nitrogens with two attached hydrogens (primary N) is 1. The van der Waals surface area contributed by atoms with Crippen molar-refractivity contribution in [2.45, 2.75) is 13.3 Å². The van der Waals surface area contributed by atoms with Gasteiger partial charge in [0.1, 0.15) is 0 Å². The Labute approximate surface area is 135 Å². The monoisotopic (exact) mass is 314 g/mol. The van der Waals surface area contributed by atoms with E-state index < -0.39 is 0 Å². The molecule has 1 aliphatic heterocycles. The molecule has 1 aromatic carbocycles. The van der Waals surface area contributed by atoms with Crippen molar-refractivity contribution < 1.29 is 9.53 Å². The van der Waals surface area contributed by atoms with Crippen LogP contribution in [0.3, 0.4) is 0 Å². The van der Waals surface area contributed by atoms with E-state index in [2.05, 4.69) is 12.0 Å². The average molecular weight is 314 g/mol. The summed E-state index contributed by atoms with van der Waals surface area (Å²) in [6.07, 6.45) is 2.65. The number of carbonyl (C=O) groups excluding carboxylic acids is 1. The van der Waals surface area contributed by atoms with Gasteiger partial charge in [-0.1, -0.05) is 25.1 Å². The smallest absolute Gasteiger partial charge is 0.278 e. The fraction of sp³-hybridized carbons (Fsp3) is 0.412. The average Bonchev–Trinajstić information content (AvgIpc) is 3.19. The molecule has 1 unspecified atom stereocenters. The molecule has 2 aromatic rings. The van der Waals surface area contributed by atoms with Gasteiger partial charge in [0.05, 0.1) is 19.0 Å². The van der Waals surface area contributed by atoms with Gasteiger partial charge in [-0.3, -0.25) is 4.79 Å². The molecule has 0 radical (unpaired) electrons. The summed E-state index contributed by atoms with van der Waals surface area (Å²) in [5.41, 5.74) is 7.05. The maximum absolute atomic E-state index is 12.8. The van der Waals surface area contributed by atoms with Crippen molar-refractivity contribution in [2.24, 2.45) is 11.1 Å². The maximum atomic E-state index is 12.8. The summed E-state index contributed by atoms with van der Waals surface area (Å²) in [4.78, 5) is 14.6. The van der Waals surface area contributed by atoms with Gasteiger partial charge in [0.2, 0.25) is 0 Å². The Hall–Kier alpha value is -2.34. The number of para-hydroxylation sites is 1. The Balaban J connectivity index is 1.88. The number of aromatic nitrogens is 2. The van der Waals surface area contributed by atoms with Crippen LogP contribution >= 0.6 is 0 Å². The van der Waals surface area contributed by atoms with Gasteiger partial charge < -0.3 is 15.4 Å². The van der Waals surface area contributed by atoms with Gasteiger partial charge in [-0.15, -0.1) is 0 Å². The summed E-state index contributed by atoms with van der Waals surface area (Å²) in [6, 6.07) is 9.66. The number of amides is 1. The molecule has 1 aromatic heterocycles. The van der Waals surface area contributed by atoms with E-state index in [-0.39, 0.29) is 11.3 Å². The normalized spacial score (nSPS) is 20.7. The maximum Gasteiger partial charge on any atom is 0.278 e. The van der Waals surface area contributed by atoms with Crippen LogP contribution in [0.2, 0.25) is 0 Å². The lowest BCUT2D eigenvalue weighted by Gasteiger charge is -2.22. The lowest BCUT2D eigenvalue weighted by molar-refractivity contribution is 0.0767. The summed E-state index contributed by atoms with van der Waals surface area (Å²) >= 11 is 0. The van der Waals surface area contributed by atoms with Crippen LogP contribution in [0.25, 0.3) is 5.69 Å². The Morgan fingerprint density at radius 2 is 2.13 bits per heavy atom. The number of methoxy groups -OCH3 is 1. The number of hydrogen-bond acceptors (Lipinski definition) is 4. The molecule has 0 aliphatic carbocycles. The van der Waals surface area contributed by atoms with Crippen LogP contribution in [-0.2, 0) is 0 Å². The minimum Gasteiger partial charge on any atom is -0.493 e. The highest BCUT2D eigenvalue weighted by Gasteiger charge is 2.36. The Kier molecular flexibility index (Phi) is 4.09. The van der Waals surface area contributed by atoms with Crippen molar-refractivity contribution >= 4 is 5.91 Å². The van der Waals surface area contributed by atoms with Gasteiger partial charge in [0.25, 0.3) is 5.91 Å². The molecule has 1 saturated heterocycles. The molecule has 0 spiro atoms. The molecule has 2 heterocycles. The van der Waals surface area contributed by atoms with E-state index in [0.29, 0.717) is 31.1 Å². The molecule has 1 atom stereocenters. The van der Waals surface area contributed by atoms with E-state index >= 15 is 0 Å². The van der Waals surface area contributed by atoms with Crippen molar-refractivity contribution in [1.82, 2.24) is 14.7 Å². The molecule has 6 nitrogen and oxygen atoms in total. The molecule has 3 rings (SSSR count). The van der Waals surface area contributed by atoms with Gasteiger partial charge >= 0.3 is 0 Å². The fourth-order valence-electron chi connectivity index (χ4n) is 2.88. The van der Waals surface area contributed by atoms with E-state index in [1.807, 2.05) is 35.2 Å². The second-order valence-corrected chi connectivity index (χ2v) is 6.32. The SMILES string of the molecule is COc1cn(-c2ccccc2)nc1C(=O)N1CCC(C)(CN)C1. The summed E-state index contributed by atoms with van der Waals surface area (Å²) in [5.74, 6) is 0.383. The number of benzene rings is 1. The third-order valence-electron chi connectivity index (χ3n) is 4.46. The number of ether oxygens (including phenoxy) is 1. The second-order valence-electron chi connectivity index (χ2n) is 6.32. The highest BCUT2D eigenvalue weighted by molar-refractivity contribution is 5.95. The van der Waals surface area contributed by atoms with E-state index in [0.717, 1.165) is 12.1 Å². The number of rotatable bonds is 4. The first kappa shape index (κ1) is 15.6. The zero-order valence-corrected chi connectivity index (χ0v) is 13.5. The number of carbonyl (C=O) groups is 1. The molecule has 1 aliphatic rings. The first-order valence-corrected chi connectivity index (χ1v) is 7.75. The predicted molar refractivity (Wildman–Crippen MR) is 87.8 cm³/mol. The van der Waals surface area contributed by atoms with Crippen molar-refractivity contribution in [2.75, 3.05) is 26.7 Å². The molecule has 2 N–H and O–H groups in total. The lowest BCUT2D eigenvalue weighted by Crippen LogP contribution is -2.34. The van der Waals surface area contributed by atoms with E-state index in [1.165, 1.54) is 0 Å². The standard InChI is InChI=1S/C17H22N4O2/c1-17(11-18)8-9-20(12-17)16(22)15-14(23-2)10-21(19-15)13-6-4-3-5-7-13/h3-7,10H,8-9,11-12,18H2,1-2H3. The summed E-state index contributed by atoms with van der Waals surface area (Å²) < 4.78 is 7.02. The van der Waals surface area contributed by atoms with Crippen LogP contribution in [0.1, 0.15) is 23.8 Å². The van der Waals surface area contributed by atoms with E-state index in [1.54, 1.807) is 18.0 Å². The van der Waals surface area contributed by atoms with Gasteiger partial charge in [0.15, 0.2) is 11.4 Å². The van der Waals surface area contributed by atoms with Crippen molar-refractivity contribution in [3.8, 4) is 11.4 Å². The Morgan fingerprint density at radius 3 is 2.74 bits per heavy atom. The minimum atomic E-state index is -0.103. The number of nitrogens with zero attached hydrogens (tertiary/aromatic N) is 3. The molecule has 6 heteroatoms. The molecule has 23 heavy (non-hydrogen) atoms. The quantitative estimate of drug-likeness (QED) is 0.932. The van der Waals surface area contributed by atoms with Gasteiger partial charge in [0, 0.05) is 13.1 Å². The minimum absolute atomic E-state index is 0.00904. The molecule has 122 valence electrons. The molecular weight excluding hydrogens is 292 g/mol. The summed E-state index contributed by atoms with van der Waals surface area (Å²) in [7, 11) is 1.55. The van der Waals surface area contributed by atoms with Crippen LogP contribution in [0.4, 0.5) is 0 Å². The van der Waals surface area contributed by atoms with Crippen LogP contribution in [-0.4, -0.2) is 47.3 Å². The van der Waals surface area contributed by atoms with Crippen molar-refractivity contribution in [3.05, 3.63) is 42.2 Å². The van der Waals surface area contributed by atoms with E-state index in [9.17, 15) is 4.79 Å². The van der Waals surface area contributed by atoms with E-state index in [4.69, 9.17) is 10.5 Å². The first-order valence-electron chi connectivity index (χ1n) is 7.75. The Morgan fingerprint density at radius 1 is 1.39 bits per heavy atom. The third kappa shape index (κ3) is 2.94. The zero-order valence-electron chi connectivity index (χ0n) is 13.5. The molecule has 1 fully saturated rings. The van der Waals surface area contributed by atoms with Crippen molar-refractivity contribution in [1.29, 1.82) is 0 Å². The third-order valence-corrected chi connectivity index (χ3v) is 4.46. The topological polar surface area (TPSA) is 73.4 Å². The highest BCUT2D eigenvalue weighted by atomic mass is 16.5. The predicted octanol–water partition coefficient (Wildman–Crippen LogP) is 1.69.